The van der Waals surface area contributed by atoms with Crippen LogP contribution in [-0.4, -0.2) is 0 Å². The maximum absolute atomic E-state index is 13.7. The Hall–Kier alpha value is -2.96. The van der Waals surface area contributed by atoms with E-state index in [2.05, 4.69) is 24.0 Å². The molecule has 4 rings (SSSR count). The Morgan fingerprint density at radius 1 is 0.765 bits per heavy atom. The molecule has 7 heteroatoms. The summed E-state index contributed by atoms with van der Waals surface area (Å²) in [5.41, 5.74) is 1.84. The molecule has 1 fully saturated rings. The van der Waals surface area contributed by atoms with Crippen LogP contribution >= 0.6 is 0 Å². The summed E-state index contributed by atoms with van der Waals surface area (Å²) in [5.74, 6) is -2.37. The topological polar surface area (TPSA) is 9.23 Å². The highest BCUT2D eigenvalue weighted by Crippen LogP contribution is 2.36. The molecule has 1 aliphatic carbocycles. The maximum atomic E-state index is 13.7. The number of halogens is 6. The quantitative estimate of drug-likeness (QED) is 0.339. The van der Waals surface area contributed by atoms with Crippen LogP contribution in [-0.2, 0) is 6.67 Å². The Morgan fingerprint density at radius 3 is 1.76 bits per heavy atom. The summed E-state index contributed by atoms with van der Waals surface area (Å²) >= 11 is 0. The van der Waals surface area contributed by atoms with E-state index in [0.29, 0.717) is 11.5 Å². The number of rotatable bonds is 4. The summed E-state index contributed by atoms with van der Waals surface area (Å²) in [5, 5.41) is 0. The molecule has 1 aliphatic rings. The molecular weight excluding hydrogens is 454 g/mol. The zero-order chi connectivity index (χ0) is 24.8. The first-order valence-electron chi connectivity index (χ1n) is 11.1. The maximum Gasteiger partial charge on any atom is 0.177 e. The van der Waals surface area contributed by atoms with Crippen molar-refractivity contribution in [2.45, 2.75) is 52.1 Å². The lowest BCUT2D eigenvalue weighted by Gasteiger charge is -2.26. The van der Waals surface area contributed by atoms with Gasteiger partial charge in [-0.05, 0) is 60.4 Å². The smallest absolute Gasteiger partial charge is 0.177 e. The van der Waals surface area contributed by atoms with Crippen LogP contribution in [0.5, 0.6) is 5.75 Å². The molecule has 0 radical (unpaired) electrons. The number of hydrogen-bond acceptors (Lipinski definition) is 1. The molecule has 0 spiro atoms. The Kier molecular flexibility index (Phi) is 8.64. The first-order valence-corrected chi connectivity index (χ1v) is 11.1. The second kappa shape index (κ2) is 11.4. The van der Waals surface area contributed by atoms with Gasteiger partial charge in [0.25, 0.3) is 0 Å². The summed E-state index contributed by atoms with van der Waals surface area (Å²) in [4.78, 5) is 3.15. The lowest BCUT2D eigenvalue weighted by atomic mass is 9.79. The molecule has 0 aromatic heterocycles. The molecule has 0 bridgehead atoms. The fraction of sp³-hybridized carbons (Fsp3) is 0.333. The fourth-order valence-corrected chi connectivity index (χ4v) is 4.11. The summed E-state index contributed by atoms with van der Waals surface area (Å²) in [6, 6.07) is 11.9. The highest BCUT2D eigenvalue weighted by molar-refractivity contribution is 5.64. The van der Waals surface area contributed by atoms with Crippen molar-refractivity contribution < 1.29 is 31.4 Å². The van der Waals surface area contributed by atoms with Crippen LogP contribution < -0.4 is 4.94 Å². The lowest BCUT2D eigenvalue weighted by molar-refractivity contribution is -0.00694. The zero-order valence-corrected chi connectivity index (χ0v) is 19.0. The van der Waals surface area contributed by atoms with Crippen LogP contribution in [0.4, 0.5) is 26.5 Å². The predicted molar refractivity (Wildman–Crippen MR) is 120 cm³/mol. The van der Waals surface area contributed by atoms with Crippen molar-refractivity contribution in [1.29, 1.82) is 0 Å². The van der Waals surface area contributed by atoms with Crippen molar-refractivity contribution >= 4 is 0 Å². The predicted octanol–water partition coefficient (Wildman–Crippen LogP) is 8.93. The van der Waals surface area contributed by atoms with Gasteiger partial charge in [-0.1, -0.05) is 44.0 Å². The molecule has 0 saturated heterocycles. The molecule has 0 N–H and O–H groups in total. The minimum Gasteiger partial charge on any atom is -0.294 e. The summed E-state index contributed by atoms with van der Waals surface area (Å²) in [7, 11) is 0. The van der Waals surface area contributed by atoms with Gasteiger partial charge < -0.3 is 0 Å². The third-order valence-electron chi connectivity index (χ3n) is 6.35. The Morgan fingerprint density at radius 2 is 1.29 bits per heavy atom. The van der Waals surface area contributed by atoms with Gasteiger partial charge in [0.2, 0.25) is 0 Å². The van der Waals surface area contributed by atoms with Crippen molar-refractivity contribution in [2.75, 3.05) is 0 Å². The third kappa shape index (κ3) is 6.13. The second-order valence-electron chi connectivity index (χ2n) is 8.72. The number of hydrogen-bond donors (Lipinski definition) is 0. The van der Waals surface area contributed by atoms with E-state index in [1.54, 1.807) is 0 Å². The van der Waals surface area contributed by atoms with Crippen LogP contribution in [0.15, 0.2) is 48.5 Å². The van der Waals surface area contributed by atoms with E-state index < -0.39 is 41.3 Å². The largest absolute Gasteiger partial charge is 0.294 e. The van der Waals surface area contributed by atoms with Gasteiger partial charge in [0.15, 0.2) is 5.75 Å². The van der Waals surface area contributed by atoms with E-state index in [0.717, 1.165) is 23.6 Å². The molecule has 34 heavy (non-hydrogen) atoms. The number of benzene rings is 3. The van der Waals surface area contributed by atoms with E-state index in [4.69, 9.17) is 0 Å². The summed E-state index contributed by atoms with van der Waals surface area (Å²) in [6.45, 7) is 2.42. The SMILES string of the molecule is CC1CCC(c2ccc(-c3cc(F)c(CF)c(F)c3)cc2)CC1.Cc1c(F)cc(OF)cc1F. The van der Waals surface area contributed by atoms with E-state index in [1.165, 1.54) is 50.3 Å². The van der Waals surface area contributed by atoms with Gasteiger partial charge in [-0.25, -0.2) is 22.0 Å². The monoisotopic (exact) mass is 480 g/mol. The molecule has 1 nitrogen and oxygen atoms in total. The molecule has 3 aromatic carbocycles. The molecule has 0 aliphatic heterocycles. The molecule has 0 heterocycles. The molecule has 0 unspecified atom stereocenters. The van der Waals surface area contributed by atoms with Gasteiger partial charge in [0, 0.05) is 22.2 Å². The highest BCUT2D eigenvalue weighted by atomic mass is 19.3. The first kappa shape index (κ1) is 25.7. The van der Waals surface area contributed by atoms with Crippen molar-refractivity contribution in [3.8, 4) is 16.9 Å². The van der Waals surface area contributed by atoms with E-state index in [9.17, 15) is 26.5 Å². The standard InChI is InChI=1S/C20H21F3.C7H5F3O/c1-13-2-4-14(5-3-13)15-6-8-16(9-7-15)17-10-19(22)18(12-21)20(23)11-17;1-4-6(8)2-5(11-10)3-7(4)9/h6-11,13-14H,2-5,12H2,1H3;2-3H,1H3. The Balaban J connectivity index is 0.000000248. The fourth-order valence-electron chi connectivity index (χ4n) is 4.11. The van der Waals surface area contributed by atoms with Crippen LogP contribution in [0.3, 0.4) is 0 Å². The van der Waals surface area contributed by atoms with Crippen molar-refractivity contribution in [3.05, 3.63) is 88.5 Å². The minimum absolute atomic E-state index is 0.147. The van der Waals surface area contributed by atoms with Gasteiger partial charge in [-0.15, -0.1) is 0 Å². The average molecular weight is 480 g/mol. The van der Waals surface area contributed by atoms with Gasteiger partial charge in [-0.3, -0.25) is 4.94 Å². The lowest BCUT2D eigenvalue weighted by Crippen LogP contribution is -2.10. The normalized spacial score (nSPS) is 17.6. The van der Waals surface area contributed by atoms with Crippen LogP contribution in [0.25, 0.3) is 11.1 Å². The highest BCUT2D eigenvalue weighted by Gasteiger charge is 2.20. The summed E-state index contributed by atoms with van der Waals surface area (Å²) < 4.78 is 76.5. The van der Waals surface area contributed by atoms with Gasteiger partial charge in [-0.2, -0.15) is 0 Å². The number of alkyl halides is 1. The van der Waals surface area contributed by atoms with Crippen LogP contribution in [0, 0.1) is 36.1 Å². The molecule has 0 amide bonds. The zero-order valence-electron chi connectivity index (χ0n) is 19.0. The minimum atomic E-state index is -1.13. The second-order valence-corrected chi connectivity index (χ2v) is 8.72. The molecule has 3 aromatic rings. The van der Waals surface area contributed by atoms with Crippen molar-refractivity contribution in [2.24, 2.45) is 5.92 Å². The van der Waals surface area contributed by atoms with E-state index in [1.807, 2.05) is 12.1 Å². The Bertz CT molecular complexity index is 1060. The molecule has 182 valence electrons. The van der Waals surface area contributed by atoms with Gasteiger partial charge >= 0.3 is 0 Å². The van der Waals surface area contributed by atoms with Gasteiger partial charge in [0.05, 0.1) is 5.56 Å². The first-order chi connectivity index (χ1) is 16.2. The van der Waals surface area contributed by atoms with Gasteiger partial charge in [0.1, 0.15) is 29.9 Å². The van der Waals surface area contributed by atoms with Crippen LogP contribution in [0.2, 0.25) is 0 Å². The van der Waals surface area contributed by atoms with E-state index in [-0.39, 0.29) is 5.56 Å². The molecular formula is C27H26F6O. The Labute approximate surface area is 195 Å². The van der Waals surface area contributed by atoms with E-state index >= 15 is 0 Å². The summed E-state index contributed by atoms with van der Waals surface area (Å²) in [6.07, 6.45) is 4.92. The van der Waals surface area contributed by atoms with Crippen molar-refractivity contribution in [1.82, 2.24) is 0 Å². The molecule has 1 saturated carbocycles. The third-order valence-corrected chi connectivity index (χ3v) is 6.35. The molecule has 0 atom stereocenters. The van der Waals surface area contributed by atoms with Crippen LogP contribution in [0.1, 0.15) is 55.2 Å². The average Bonchev–Trinajstić information content (AvgIpc) is 2.83. The van der Waals surface area contributed by atoms with Crippen molar-refractivity contribution in [3.63, 3.8) is 0 Å².